The molecule has 0 aliphatic carbocycles. The predicted molar refractivity (Wildman–Crippen MR) is 101 cm³/mol. The zero-order valence-corrected chi connectivity index (χ0v) is 15.7. The lowest BCUT2D eigenvalue weighted by Crippen LogP contribution is -2.24. The number of carbonyl (C=O) groups is 2. The fourth-order valence-electron chi connectivity index (χ4n) is 2.20. The van der Waals surface area contributed by atoms with Crippen molar-refractivity contribution >= 4 is 39.9 Å². The molecule has 0 unspecified atom stereocenters. The molecule has 0 saturated heterocycles. The normalized spacial score (nSPS) is 11.9. The lowest BCUT2D eigenvalue weighted by atomic mass is 10.2. The number of carbonyl (C=O) groups excluding carboxylic acids is 2. The minimum Gasteiger partial charge on any atom is -0.366 e. The fraction of sp³-hybridized carbons (Fsp3) is 0.188. The number of nitrogens with one attached hydrogen (secondary N) is 1. The highest BCUT2D eigenvalue weighted by molar-refractivity contribution is 8.00. The molecular weight excluding hydrogens is 372 g/mol. The summed E-state index contributed by atoms with van der Waals surface area (Å²) in [5.41, 5.74) is 6.49. The van der Waals surface area contributed by atoms with Crippen molar-refractivity contribution in [3.63, 3.8) is 0 Å². The second-order valence-corrected chi connectivity index (χ2v) is 7.60. The van der Waals surface area contributed by atoms with E-state index < -0.39 is 11.2 Å². The summed E-state index contributed by atoms with van der Waals surface area (Å²) in [5, 5.41) is 13.4. The number of aromatic nitrogens is 4. The molecule has 0 aliphatic heterocycles. The Morgan fingerprint density at radius 2 is 2.00 bits per heavy atom. The molecule has 0 bridgehead atoms. The number of hydrogen-bond acceptors (Lipinski definition) is 7. The van der Waals surface area contributed by atoms with Crippen LogP contribution in [0, 0.1) is 0 Å². The molecule has 0 fully saturated rings. The lowest BCUT2D eigenvalue weighted by Gasteiger charge is -2.11. The number of nitrogens with zero attached hydrogens (tertiary/aromatic N) is 4. The molecule has 0 aliphatic rings. The van der Waals surface area contributed by atoms with Crippen LogP contribution in [0.2, 0.25) is 0 Å². The summed E-state index contributed by atoms with van der Waals surface area (Å²) in [5.74, 6) is -0.123. The molecule has 0 spiro atoms. The molecule has 26 heavy (non-hydrogen) atoms. The maximum absolute atomic E-state index is 12.4. The third kappa shape index (κ3) is 3.75. The summed E-state index contributed by atoms with van der Waals surface area (Å²) in [4.78, 5) is 27.8. The van der Waals surface area contributed by atoms with E-state index in [1.807, 2.05) is 23.7 Å². The van der Waals surface area contributed by atoms with Crippen molar-refractivity contribution in [1.29, 1.82) is 0 Å². The minimum atomic E-state index is -0.572. The Bertz CT molecular complexity index is 937. The van der Waals surface area contributed by atoms with E-state index in [0.29, 0.717) is 21.5 Å². The molecule has 3 heterocycles. The SMILES string of the molecule is C[C@@H](Sc1nnc(-c2ccncc2)n1C)C(=O)Nc1sccc1C(N)=O. The summed E-state index contributed by atoms with van der Waals surface area (Å²) in [6.07, 6.45) is 3.37. The number of pyridine rings is 1. The third-order valence-corrected chi connectivity index (χ3v) is 5.56. The number of nitrogens with two attached hydrogens (primary N) is 1. The van der Waals surface area contributed by atoms with Gasteiger partial charge in [0.25, 0.3) is 5.91 Å². The van der Waals surface area contributed by atoms with E-state index in [-0.39, 0.29) is 5.91 Å². The highest BCUT2D eigenvalue weighted by Crippen LogP contribution is 2.28. The van der Waals surface area contributed by atoms with Crippen molar-refractivity contribution in [1.82, 2.24) is 19.7 Å². The predicted octanol–water partition coefficient (Wildman–Crippen LogP) is 2.16. The van der Waals surface area contributed by atoms with Gasteiger partial charge in [-0.15, -0.1) is 21.5 Å². The topological polar surface area (TPSA) is 116 Å². The molecule has 10 heteroatoms. The zero-order valence-electron chi connectivity index (χ0n) is 14.0. The van der Waals surface area contributed by atoms with E-state index in [2.05, 4.69) is 20.5 Å². The number of rotatable bonds is 6. The second-order valence-electron chi connectivity index (χ2n) is 5.38. The molecule has 3 rings (SSSR count). The van der Waals surface area contributed by atoms with Gasteiger partial charge in [0.2, 0.25) is 5.91 Å². The van der Waals surface area contributed by atoms with Gasteiger partial charge in [-0.2, -0.15) is 0 Å². The van der Waals surface area contributed by atoms with Gasteiger partial charge in [-0.3, -0.25) is 14.6 Å². The number of primary amides is 1. The monoisotopic (exact) mass is 388 g/mol. The fourth-order valence-corrected chi connectivity index (χ4v) is 3.81. The Labute approximate surface area is 157 Å². The summed E-state index contributed by atoms with van der Waals surface area (Å²) < 4.78 is 1.82. The van der Waals surface area contributed by atoms with Gasteiger partial charge >= 0.3 is 0 Å². The summed E-state index contributed by atoms with van der Waals surface area (Å²) in [6.45, 7) is 1.76. The van der Waals surface area contributed by atoms with Gasteiger partial charge < -0.3 is 15.6 Å². The average Bonchev–Trinajstić information content (AvgIpc) is 3.23. The van der Waals surface area contributed by atoms with Crippen molar-refractivity contribution in [3.05, 3.63) is 41.5 Å². The van der Waals surface area contributed by atoms with Crippen molar-refractivity contribution in [2.75, 3.05) is 5.32 Å². The van der Waals surface area contributed by atoms with E-state index in [9.17, 15) is 9.59 Å². The Balaban J connectivity index is 1.71. The summed E-state index contributed by atoms with van der Waals surface area (Å²) >= 11 is 2.53. The van der Waals surface area contributed by atoms with Crippen LogP contribution in [0.15, 0.2) is 41.1 Å². The van der Waals surface area contributed by atoms with Crippen molar-refractivity contribution < 1.29 is 9.59 Å². The molecular formula is C16H16N6O2S2. The molecule has 3 N–H and O–H groups in total. The van der Waals surface area contributed by atoms with Gasteiger partial charge in [0.05, 0.1) is 10.8 Å². The Morgan fingerprint density at radius 3 is 2.69 bits per heavy atom. The van der Waals surface area contributed by atoms with Crippen LogP contribution in [0.25, 0.3) is 11.4 Å². The largest absolute Gasteiger partial charge is 0.366 e. The molecule has 1 atom stereocenters. The van der Waals surface area contributed by atoms with Crippen LogP contribution in [-0.2, 0) is 11.8 Å². The summed E-state index contributed by atoms with van der Waals surface area (Å²) in [7, 11) is 1.84. The van der Waals surface area contributed by atoms with Gasteiger partial charge in [-0.1, -0.05) is 11.8 Å². The van der Waals surface area contributed by atoms with Gasteiger partial charge in [-0.25, -0.2) is 0 Å². The van der Waals surface area contributed by atoms with Crippen LogP contribution >= 0.6 is 23.1 Å². The molecule has 2 amide bonds. The van der Waals surface area contributed by atoms with Crippen LogP contribution in [0.1, 0.15) is 17.3 Å². The standard InChI is InChI=1S/C16H16N6O2S2/c1-9(14(24)19-15-11(12(17)23)5-8-25-15)26-16-21-20-13(22(16)2)10-3-6-18-7-4-10/h3-9H,1-2H3,(H2,17,23)(H,19,24)/t9-/m1/s1. The van der Waals surface area contributed by atoms with E-state index in [1.165, 1.54) is 23.1 Å². The van der Waals surface area contributed by atoms with Crippen LogP contribution in [0.5, 0.6) is 0 Å². The lowest BCUT2D eigenvalue weighted by molar-refractivity contribution is -0.115. The quantitative estimate of drug-likeness (QED) is 0.625. The third-order valence-electron chi connectivity index (χ3n) is 3.59. The Hall–Kier alpha value is -2.72. The molecule has 3 aromatic heterocycles. The van der Waals surface area contributed by atoms with Crippen molar-refractivity contribution in [2.45, 2.75) is 17.3 Å². The number of thiophene rings is 1. The highest BCUT2D eigenvalue weighted by atomic mass is 32.2. The van der Waals surface area contributed by atoms with E-state index in [1.54, 1.807) is 30.8 Å². The average molecular weight is 388 g/mol. The Morgan fingerprint density at radius 1 is 1.27 bits per heavy atom. The first-order valence-electron chi connectivity index (χ1n) is 7.62. The first-order chi connectivity index (χ1) is 12.5. The van der Waals surface area contributed by atoms with Crippen LogP contribution in [0.3, 0.4) is 0 Å². The highest BCUT2D eigenvalue weighted by Gasteiger charge is 2.21. The molecule has 0 aromatic carbocycles. The van der Waals surface area contributed by atoms with Gasteiger partial charge in [0.15, 0.2) is 11.0 Å². The maximum atomic E-state index is 12.4. The minimum absolute atomic E-state index is 0.242. The molecule has 8 nitrogen and oxygen atoms in total. The molecule has 0 radical (unpaired) electrons. The van der Waals surface area contributed by atoms with Gasteiger partial charge in [0, 0.05) is 25.0 Å². The number of hydrogen-bond donors (Lipinski definition) is 2. The van der Waals surface area contributed by atoms with Gasteiger partial charge in [0.1, 0.15) is 5.00 Å². The van der Waals surface area contributed by atoms with Crippen molar-refractivity contribution in [2.24, 2.45) is 12.8 Å². The molecule has 0 saturated carbocycles. The first-order valence-corrected chi connectivity index (χ1v) is 9.38. The van der Waals surface area contributed by atoms with E-state index in [4.69, 9.17) is 5.73 Å². The van der Waals surface area contributed by atoms with Crippen LogP contribution in [-0.4, -0.2) is 36.8 Å². The van der Waals surface area contributed by atoms with Crippen LogP contribution in [0.4, 0.5) is 5.00 Å². The maximum Gasteiger partial charge on any atom is 0.251 e. The smallest absolute Gasteiger partial charge is 0.251 e. The first kappa shape index (κ1) is 18.1. The molecule has 134 valence electrons. The molecule has 3 aromatic rings. The Kier molecular flexibility index (Phi) is 5.33. The summed E-state index contributed by atoms with van der Waals surface area (Å²) in [6, 6.07) is 5.28. The second kappa shape index (κ2) is 7.67. The zero-order chi connectivity index (χ0) is 18.7. The number of amides is 2. The number of anilines is 1. The van der Waals surface area contributed by atoms with E-state index >= 15 is 0 Å². The number of thioether (sulfide) groups is 1. The van der Waals surface area contributed by atoms with E-state index in [0.717, 1.165) is 5.56 Å². The van der Waals surface area contributed by atoms with Gasteiger partial charge in [-0.05, 0) is 30.5 Å². The van der Waals surface area contributed by atoms with Crippen LogP contribution < -0.4 is 11.1 Å². The van der Waals surface area contributed by atoms with Crippen molar-refractivity contribution in [3.8, 4) is 11.4 Å².